The molecule has 1 amide bonds. The Labute approximate surface area is 242 Å². The van der Waals surface area contributed by atoms with Gasteiger partial charge in [-0.1, -0.05) is 0 Å². The van der Waals surface area contributed by atoms with Crippen LogP contribution in [0.15, 0.2) is 60.8 Å². The number of nitrogens with zero attached hydrogens (tertiary/aromatic N) is 1. The van der Waals surface area contributed by atoms with Crippen LogP contribution in [0.25, 0.3) is 0 Å². The number of aliphatic hydroxyl groups is 1. The standard InChI is InChI=1S/C30H27F5N4O4/c1-16-10-18(31)4-7-25(16)43-26-13-21(17-2-3-17)23(30(33,34)35)12-22(26)29(41)38-19-5-6-24(32)27(11-19)42-15-20(40)14-36-28-8-9-37-39-28/h4-13,17,20,40H,2-3,14-15H2,1H3,(H,38,41)(H2,36,37,39). The number of ether oxygens (including phenoxy) is 2. The van der Waals surface area contributed by atoms with Gasteiger partial charge in [0.15, 0.2) is 11.6 Å². The molecule has 43 heavy (non-hydrogen) atoms. The van der Waals surface area contributed by atoms with Gasteiger partial charge in [0.2, 0.25) is 0 Å². The van der Waals surface area contributed by atoms with Gasteiger partial charge in [0.1, 0.15) is 35.8 Å². The fourth-order valence-electron chi connectivity index (χ4n) is 4.40. The molecule has 1 unspecified atom stereocenters. The Morgan fingerprint density at radius 3 is 2.53 bits per heavy atom. The number of nitrogens with one attached hydrogen (secondary N) is 3. The van der Waals surface area contributed by atoms with Gasteiger partial charge in [-0.05, 0) is 85.3 Å². The van der Waals surface area contributed by atoms with Crippen LogP contribution in [0.5, 0.6) is 17.2 Å². The van der Waals surface area contributed by atoms with E-state index in [1.807, 2.05) is 0 Å². The van der Waals surface area contributed by atoms with E-state index in [4.69, 9.17) is 9.47 Å². The molecule has 1 aliphatic carbocycles. The van der Waals surface area contributed by atoms with Gasteiger partial charge >= 0.3 is 6.18 Å². The molecule has 0 saturated heterocycles. The highest BCUT2D eigenvalue weighted by Crippen LogP contribution is 2.48. The monoisotopic (exact) mass is 602 g/mol. The summed E-state index contributed by atoms with van der Waals surface area (Å²) in [4.78, 5) is 13.4. The lowest BCUT2D eigenvalue weighted by Crippen LogP contribution is -2.26. The molecule has 5 rings (SSSR count). The zero-order chi connectivity index (χ0) is 30.7. The smallest absolute Gasteiger partial charge is 0.416 e. The number of halogens is 5. The van der Waals surface area contributed by atoms with Crippen molar-refractivity contribution < 1.29 is 41.3 Å². The second-order valence-corrected chi connectivity index (χ2v) is 10.1. The number of hydrogen-bond donors (Lipinski definition) is 4. The summed E-state index contributed by atoms with van der Waals surface area (Å²) in [5.41, 5.74) is -0.967. The van der Waals surface area contributed by atoms with Crippen LogP contribution in [0.1, 0.15) is 45.8 Å². The van der Waals surface area contributed by atoms with E-state index in [1.165, 1.54) is 30.5 Å². The van der Waals surface area contributed by atoms with E-state index in [9.17, 15) is 31.9 Å². The second kappa shape index (κ2) is 12.3. The van der Waals surface area contributed by atoms with E-state index in [2.05, 4.69) is 20.8 Å². The number of rotatable bonds is 11. The summed E-state index contributed by atoms with van der Waals surface area (Å²) in [6.07, 6.45) is -3.13. The first-order valence-electron chi connectivity index (χ1n) is 13.3. The van der Waals surface area contributed by atoms with E-state index >= 15 is 0 Å². The number of aryl methyl sites for hydroxylation is 1. The molecule has 13 heteroatoms. The number of aliphatic hydroxyl groups excluding tert-OH is 1. The van der Waals surface area contributed by atoms with Crippen molar-refractivity contribution in [1.29, 1.82) is 0 Å². The van der Waals surface area contributed by atoms with E-state index in [-0.39, 0.29) is 47.6 Å². The Kier molecular flexibility index (Phi) is 8.53. The Morgan fingerprint density at radius 2 is 1.86 bits per heavy atom. The van der Waals surface area contributed by atoms with E-state index in [0.717, 1.165) is 24.3 Å². The van der Waals surface area contributed by atoms with Crippen molar-refractivity contribution in [3.8, 4) is 17.2 Å². The third kappa shape index (κ3) is 7.41. The minimum Gasteiger partial charge on any atom is -0.488 e. The lowest BCUT2D eigenvalue weighted by atomic mass is 9.98. The normalized spacial score (nSPS) is 13.8. The number of hydrogen-bond acceptors (Lipinski definition) is 6. The molecule has 1 heterocycles. The maximum atomic E-state index is 14.5. The average Bonchev–Trinajstić information content (AvgIpc) is 3.67. The molecule has 0 bridgehead atoms. The molecule has 1 atom stereocenters. The molecule has 226 valence electrons. The molecule has 0 aliphatic heterocycles. The topological polar surface area (TPSA) is 108 Å². The van der Waals surface area contributed by atoms with Gasteiger partial charge < -0.3 is 25.2 Å². The predicted molar refractivity (Wildman–Crippen MR) is 148 cm³/mol. The van der Waals surface area contributed by atoms with Gasteiger partial charge in [-0.15, -0.1) is 0 Å². The Bertz CT molecular complexity index is 1610. The van der Waals surface area contributed by atoms with Crippen LogP contribution >= 0.6 is 0 Å². The van der Waals surface area contributed by atoms with Crippen molar-refractivity contribution in [2.24, 2.45) is 0 Å². The van der Waals surface area contributed by atoms with E-state index in [1.54, 1.807) is 13.0 Å². The van der Waals surface area contributed by atoms with Crippen molar-refractivity contribution in [2.75, 3.05) is 23.8 Å². The molecule has 1 aliphatic rings. The lowest BCUT2D eigenvalue weighted by molar-refractivity contribution is -0.138. The third-order valence-electron chi connectivity index (χ3n) is 6.73. The molecule has 4 N–H and O–H groups in total. The zero-order valence-corrected chi connectivity index (χ0v) is 22.8. The van der Waals surface area contributed by atoms with Crippen LogP contribution in [0, 0.1) is 18.6 Å². The number of H-pyrrole nitrogens is 1. The van der Waals surface area contributed by atoms with Crippen LogP contribution < -0.4 is 20.1 Å². The second-order valence-electron chi connectivity index (χ2n) is 10.1. The molecular weight excluding hydrogens is 575 g/mol. The Hall–Kier alpha value is -4.65. The number of benzene rings is 3. The minimum atomic E-state index is -4.73. The maximum absolute atomic E-state index is 14.5. The first-order valence-corrected chi connectivity index (χ1v) is 13.3. The largest absolute Gasteiger partial charge is 0.488 e. The molecule has 8 nitrogen and oxygen atoms in total. The van der Waals surface area contributed by atoms with Gasteiger partial charge in [-0.25, -0.2) is 8.78 Å². The minimum absolute atomic E-state index is 0.0110. The van der Waals surface area contributed by atoms with E-state index < -0.39 is 40.9 Å². The Morgan fingerprint density at radius 1 is 1.07 bits per heavy atom. The van der Waals surface area contributed by atoms with Crippen LogP contribution in [0.3, 0.4) is 0 Å². The zero-order valence-electron chi connectivity index (χ0n) is 22.8. The van der Waals surface area contributed by atoms with Gasteiger partial charge in [0.25, 0.3) is 5.91 Å². The number of anilines is 2. The van der Waals surface area contributed by atoms with E-state index in [0.29, 0.717) is 24.2 Å². The van der Waals surface area contributed by atoms with Crippen LogP contribution in [-0.2, 0) is 6.18 Å². The number of aromatic nitrogens is 2. The number of carbonyl (C=O) groups is 1. The predicted octanol–water partition coefficient (Wildman–Crippen LogP) is 6.79. The summed E-state index contributed by atoms with van der Waals surface area (Å²) < 4.78 is 81.5. The summed E-state index contributed by atoms with van der Waals surface area (Å²) in [5.74, 6) is -2.30. The van der Waals surface area contributed by atoms with Crippen molar-refractivity contribution in [3.63, 3.8) is 0 Å². The molecule has 1 aromatic heterocycles. The Balaban J connectivity index is 1.38. The van der Waals surface area contributed by atoms with Gasteiger partial charge in [-0.2, -0.15) is 18.3 Å². The highest BCUT2D eigenvalue weighted by atomic mass is 19.4. The van der Waals surface area contributed by atoms with Gasteiger partial charge in [-0.3, -0.25) is 9.89 Å². The first-order chi connectivity index (χ1) is 20.5. The average molecular weight is 603 g/mol. The summed E-state index contributed by atoms with van der Waals surface area (Å²) in [7, 11) is 0. The molecule has 1 saturated carbocycles. The lowest BCUT2D eigenvalue weighted by Gasteiger charge is -2.19. The highest BCUT2D eigenvalue weighted by molar-refractivity contribution is 6.06. The maximum Gasteiger partial charge on any atom is 0.416 e. The number of amides is 1. The summed E-state index contributed by atoms with van der Waals surface area (Å²) in [6.45, 7) is 1.32. The number of alkyl halides is 3. The number of aromatic amines is 1. The SMILES string of the molecule is Cc1cc(F)ccc1Oc1cc(C2CC2)c(C(F)(F)F)cc1C(=O)Nc1ccc(F)c(OCC(O)CNc2ccn[nH]2)c1. The van der Waals surface area contributed by atoms with Crippen LogP contribution in [0.4, 0.5) is 33.5 Å². The van der Waals surface area contributed by atoms with Crippen molar-refractivity contribution >= 4 is 17.4 Å². The molecule has 0 radical (unpaired) electrons. The van der Waals surface area contributed by atoms with Crippen molar-refractivity contribution in [3.05, 3.63) is 94.7 Å². The third-order valence-corrected chi connectivity index (χ3v) is 6.73. The van der Waals surface area contributed by atoms with Crippen LogP contribution in [-0.4, -0.2) is 40.5 Å². The summed E-state index contributed by atoms with van der Waals surface area (Å²) >= 11 is 0. The molecule has 4 aromatic rings. The molecular formula is C30H27F5N4O4. The van der Waals surface area contributed by atoms with Crippen LogP contribution in [0.2, 0.25) is 0 Å². The fraction of sp³-hybridized carbons (Fsp3) is 0.267. The molecule has 3 aromatic carbocycles. The molecule has 1 fully saturated rings. The fourth-order valence-corrected chi connectivity index (χ4v) is 4.40. The summed E-state index contributed by atoms with van der Waals surface area (Å²) in [6, 6.07) is 10.6. The highest BCUT2D eigenvalue weighted by Gasteiger charge is 2.40. The number of carbonyl (C=O) groups excluding carboxylic acids is 1. The van der Waals surface area contributed by atoms with Crippen molar-refractivity contribution in [2.45, 2.75) is 38.0 Å². The molecule has 0 spiro atoms. The van der Waals surface area contributed by atoms with Crippen molar-refractivity contribution in [1.82, 2.24) is 10.2 Å². The van der Waals surface area contributed by atoms with Gasteiger partial charge in [0.05, 0.1) is 17.3 Å². The van der Waals surface area contributed by atoms with Gasteiger partial charge in [0, 0.05) is 18.3 Å². The first kappa shape index (κ1) is 29.8. The quantitative estimate of drug-likeness (QED) is 0.141. The summed E-state index contributed by atoms with van der Waals surface area (Å²) in [5, 5.41) is 21.9.